The Bertz CT molecular complexity index is 412. The van der Waals surface area contributed by atoms with Crippen molar-refractivity contribution in [1.29, 1.82) is 0 Å². The van der Waals surface area contributed by atoms with Crippen molar-refractivity contribution in [3.8, 4) is 0 Å². The first kappa shape index (κ1) is 16.5. The van der Waals surface area contributed by atoms with Crippen molar-refractivity contribution < 1.29 is 4.79 Å². The van der Waals surface area contributed by atoms with E-state index < -0.39 is 0 Å². The third-order valence-corrected chi connectivity index (χ3v) is 3.45. The van der Waals surface area contributed by atoms with Crippen LogP contribution in [0.5, 0.6) is 0 Å². The molecule has 0 bridgehead atoms. The summed E-state index contributed by atoms with van der Waals surface area (Å²) in [5.74, 6) is 0.470. The molecule has 0 aliphatic rings. The molecule has 3 N–H and O–H groups in total. The summed E-state index contributed by atoms with van der Waals surface area (Å²) >= 11 is 0. The molecule has 1 rings (SSSR count). The fraction of sp³-hybridized carbons (Fsp3) is 0.562. The van der Waals surface area contributed by atoms with Crippen LogP contribution in [0.15, 0.2) is 24.3 Å². The summed E-state index contributed by atoms with van der Waals surface area (Å²) in [5, 5.41) is 3.02. The van der Waals surface area contributed by atoms with Crippen molar-refractivity contribution in [2.45, 2.75) is 26.2 Å². The number of nitrogens with two attached hydrogens (primary N) is 1. The van der Waals surface area contributed by atoms with E-state index in [1.54, 1.807) is 0 Å². The summed E-state index contributed by atoms with van der Waals surface area (Å²) < 4.78 is 0. The molecule has 4 heteroatoms. The zero-order valence-electron chi connectivity index (χ0n) is 12.9. The van der Waals surface area contributed by atoms with Crippen LogP contribution >= 0.6 is 0 Å². The lowest BCUT2D eigenvalue weighted by atomic mass is 10.00. The van der Waals surface area contributed by atoms with Crippen LogP contribution in [-0.4, -0.2) is 33.1 Å². The number of hydrogen-bond donors (Lipinski definition) is 2. The van der Waals surface area contributed by atoms with Crippen molar-refractivity contribution in [3.63, 3.8) is 0 Å². The Kier molecular flexibility index (Phi) is 7.09. The highest BCUT2D eigenvalue weighted by atomic mass is 16.1. The standard InChI is InChI=1S/C16H27N3O/c1-4-6-13(9-10-17)12-18-16(20)14-7-5-8-15(11-14)19(2)3/h5,7-8,11,13H,4,6,9-10,12,17H2,1-3H3,(H,18,20). The summed E-state index contributed by atoms with van der Waals surface area (Å²) in [6, 6.07) is 7.66. The number of anilines is 1. The molecular weight excluding hydrogens is 250 g/mol. The second-order valence-electron chi connectivity index (χ2n) is 5.39. The van der Waals surface area contributed by atoms with E-state index >= 15 is 0 Å². The summed E-state index contributed by atoms with van der Waals surface area (Å²) in [7, 11) is 3.94. The van der Waals surface area contributed by atoms with Gasteiger partial charge in [0.15, 0.2) is 0 Å². The minimum absolute atomic E-state index is 0.00757. The molecule has 0 aliphatic heterocycles. The van der Waals surface area contributed by atoms with Crippen LogP contribution in [0.2, 0.25) is 0 Å². The topological polar surface area (TPSA) is 58.4 Å². The molecule has 0 radical (unpaired) electrons. The van der Waals surface area contributed by atoms with Gasteiger partial charge in [0, 0.05) is 31.9 Å². The van der Waals surface area contributed by atoms with E-state index in [4.69, 9.17) is 5.73 Å². The molecule has 0 aromatic heterocycles. The van der Waals surface area contributed by atoms with Crippen molar-refractivity contribution in [2.24, 2.45) is 11.7 Å². The Morgan fingerprint density at radius 3 is 2.70 bits per heavy atom. The number of hydrogen-bond acceptors (Lipinski definition) is 3. The average molecular weight is 277 g/mol. The smallest absolute Gasteiger partial charge is 0.251 e. The molecule has 4 nitrogen and oxygen atoms in total. The monoisotopic (exact) mass is 277 g/mol. The molecule has 112 valence electrons. The number of amides is 1. The van der Waals surface area contributed by atoms with Gasteiger partial charge in [-0.2, -0.15) is 0 Å². The lowest BCUT2D eigenvalue weighted by Gasteiger charge is -2.17. The normalized spacial score (nSPS) is 12.0. The van der Waals surface area contributed by atoms with Crippen molar-refractivity contribution in [2.75, 3.05) is 32.1 Å². The molecule has 1 aromatic carbocycles. The first-order valence-electron chi connectivity index (χ1n) is 7.34. The van der Waals surface area contributed by atoms with Crippen LogP contribution in [0, 0.1) is 5.92 Å². The maximum atomic E-state index is 12.2. The first-order valence-corrected chi connectivity index (χ1v) is 7.34. The van der Waals surface area contributed by atoms with Crippen LogP contribution in [0.3, 0.4) is 0 Å². The van der Waals surface area contributed by atoms with E-state index in [9.17, 15) is 4.79 Å². The second kappa shape index (κ2) is 8.59. The molecule has 0 saturated heterocycles. The molecule has 20 heavy (non-hydrogen) atoms. The van der Waals surface area contributed by atoms with Gasteiger partial charge in [-0.05, 0) is 43.5 Å². The largest absolute Gasteiger partial charge is 0.378 e. The Hall–Kier alpha value is -1.55. The van der Waals surface area contributed by atoms with Gasteiger partial charge >= 0.3 is 0 Å². The van der Waals surface area contributed by atoms with Crippen LogP contribution in [0.25, 0.3) is 0 Å². The van der Waals surface area contributed by atoms with Gasteiger partial charge in [0.2, 0.25) is 0 Å². The molecule has 1 unspecified atom stereocenters. The van der Waals surface area contributed by atoms with Gasteiger partial charge in [-0.25, -0.2) is 0 Å². The molecule has 0 saturated carbocycles. The number of carbonyl (C=O) groups excluding carboxylic acids is 1. The third-order valence-electron chi connectivity index (χ3n) is 3.45. The molecule has 1 amide bonds. The number of nitrogens with one attached hydrogen (secondary N) is 1. The van der Waals surface area contributed by atoms with Crippen LogP contribution in [0.4, 0.5) is 5.69 Å². The van der Waals surface area contributed by atoms with E-state index in [1.807, 2.05) is 43.3 Å². The fourth-order valence-corrected chi connectivity index (χ4v) is 2.26. The molecular formula is C16H27N3O. The minimum Gasteiger partial charge on any atom is -0.378 e. The van der Waals surface area contributed by atoms with E-state index in [0.717, 1.165) is 24.9 Å². The quantitative estimate of drug-likeness (QED) is 0.766. The number of nitrogens with zero attached hydrogens (tertiary/aromatic N) is 1. The SMILES string of the molecule is CCCC(CCN)CNC(=O)c1cccc(N(C)C)c1. The minimum atomic E-state index is -0.00757. The Labute approximate surface area is 122 Å². The second-order valence-corrected chi connectivity index (χ2v) is 5.39. The van der Waals surface area contributed by atoms with Gasteiger partial charge in [0.25, 0.3) is 5.91 Å². The maximum Gasteiger partial charge on any atom is 0.251 e. The zero-order chi connectivity index (χ0) is 15.0. The number of benzene rings is 1. The Morgan fingerprint density at radius 2 is 2.10 bits per heavy atom. The van der Waals surface area contributed by atoms with Crippen molar-refractivity contribution in [3.05, 3.63) is 29.8 Å². The predicted octanol–water partition coefficient (Wildman–Crippen LogP) is 2.25. The summed E-state index contributed by atoms with van der Waals surface area (Å²) in [6.45, 7) is 3.54. The molecule has 1 atom stereocenters. The van der Waals surface area contributed by atoms with Gasteiger partial charge in [0.05, 0.1) is 0 Å². The maximum absolute atomic E-state index is 12.2. The molecule has 0 heterocycles. The van der Waals surface area contributed by atoms with Crippen LogP contribution < -0.4 is 16.0 Å². The van der Waals surface area contributed by atoms with Gasteiger partial charge in [-0.3, -0.25) is 4.79 Å². The molecule has 1 aromatic rings. The van der Waals surface area contributed by atoms with Crippen molar-refractivity contribution in [1.82, 2.24) is 5.32 Å². The van der Waals surface area contributed by atoms with Gasteiger partial charge in [0.1, 0.15) is 0 Å². The summed E-state index contributed by atoms with van der Waals surface area (Å²) in [6.07, 6.45) is 3.19. The average Bonchev–Trinajstić information content (AvgIpc) is 2.45. The number of carbonyl (C=O) groups is 1. The van der Waals surface area contributed by atoms with Gasteiger partial charge in [-0.1, -0.05) is 19.4 Å². The highest BCUT2D eigenvalue weighted by Crippen LogP contribution is 2.14. The molecule has 0 spiro atoms. The van der Waals surface area contributed by atoms with Crippen molar-refractivity contribution >= 4 is 11.6 Å². The molecule has 0 aliphatic carbocycles. The fourth-order valence-electron chi connectivity index (χ4n) is 2.26. The van der Waals surface area contributed by atoms with Crippen LogP contribution in [-0.2, 0) is 0 Å². The highest BCUT2D eigenvalue weighted by molar-refractivity contribution is 5.95. The van der Waals surface area contributed by atoms with Crippen LogP contribution in [0.1, 0.15) is 36.5 Å². The molecule has 0 fully saturated rings. The zero-order valence-corrected chi connectivity index (χ0v) is 12.9. The van der Waals surface area contributed by atoms with E-state index in [-0.39, 0.29) is 5.91 Å². The van der Waals surface area contributed by atoms with Gasteiger partial charge < -0.3 is 16.0 Å². The lowest BCUT2D eigenvalue weighted by molar-refractivity contribution is 0.0945. The Balaban J connectivity index is 2.59. The third kappa shape index (κ3) is 5.21. The van der Waals surface area contributed by atoms with Gasteiger partial charge in [-0.15, -0.1) is 0 Å². The first-order chi connectivity index (χ1) is 9.58. The summed E-state index contributed by atoms with van der Waals surface area (Å²) in [5.41, 5.74) is 7.35. The predicted molar refractivity (Wildman–Crippen MR) is 85.2 cm³/mol. The number of rotatable bonds is 8. The van der Waals surface area contributed by atoms with E-state index in [2.05, 4.69) is 12.2 Å². The lowest BCUT2D eigenvalue weighted by Crippen LogP contribution is -2.30. The summed E-state index contributed by atoms with van der Waals surface area (Å²) in [4.78, 5) is 14.2. The van der Waals surface area contributed by atoms with E-state index in [0.29, 0.717) is 24.6 Å². The van der Waals surface area contributed by atoms with E-state index in [1.165, 1.54) is 0 Å². The Morgan fingerprint density at radius 1 is 1.35 bits per heavy atom. The highest BCUT2D eigenvalue weighted by Gasteiger charge is 2.11.